The molecule has 130 valence electrons. The predicted molar refractivity (Wildman–Crippen MR) is 91.3 cm³/mol. The zero-order chi connectivity index (χ0) is 17.7. The van der Waals surface area contributed by atoms with E-state index in [-0.39, 0.29) is 18.0 Å². The molecule has 3 nitrogen and oxygen atoms in total. The minimum atomic E-state index is -1.09. The average Bonchev–Trinajstić information content (AvgIpc) is 2.98. The Labute approximate surface area is 144 Å². The average molecular weight is 353 g/mol. The Bertz CT molecular complexity index is 715. The SMILES string of the molecule is CCCc1sc(C(=O)NCC(O)c2ccc(F)c(F)c2)cc1CC. The Morgan fingerprint density at radius 3 is 2.62 bits per heavy atom. The van der Waals surface area contributed by atoms with Crippen LogP contribution in [-0.4, -0.2) is 17.6 Å². The molecule has 1 heterocycles. The standard InChI is InChI=1S/C18H21F2NO2S/c1-3-5-16-11(4-2)9-17(24-16)18(23)21-10-15(22)12-6-7-13(19)14(20)8-12/h6-9,15,22H,3-5,10H2,1-2H3,(H,21,23). The third-order valence-electron chi connectivity index (χ3n) is 3.76. The molecule has 1 amide bonds. The Morgan fingerprint density at radius 2 is 2.00 bits per heavy atom. The maximum absolute atomic E-state index is 13.2. The summed E-state index contributed by atoms with van der Waals surface area (Å²) in [5, 5.41) is 12.7. The van der Waals surface area contributed by atoms with Crippen LogP contribution in [0.5, 0.6) is 0 Å². The lowest BCUT2D eigenvalue weighted by molar-refractivity contribution is 0.0920. The van der Waals surface area contributed by atoms with Gasteiger partial charge in [-0.05, 0) is 42.2 Å². The first-order valence-electron chi connectivity index (χ1n) is 7.99. The van der Waals surface area contributed by atoms with Crippen LogP contribution >= 0.6 is 11.3 Å². The second kappa shape index (κ2) is 8.35. The fourth-order valence-electron chi connectivity index (χ4n) is 2.43. The van der Waals surface area contributed by atoms with Crippen LogP contribution in [0.1, 0.15) is 52.0 Å². The molecule has 2 aromatic rings. The zero-order valence-corrected chi connectivity index (χ0v) is 14.6. The van der Waals surface area contributed by atoms with Crippen molar-refractivity contribution in [1.29, 1.82) is 0 Å². The summed E-state index contributed by atoms with van der Waals surface area (Å²) in [6.45, 7) is 4.08. The molecule has 1 aromatic carbocycles. The first-order valence-corrected chi connectivity index (χ1v) is 8.80. The highest BCUT2D eigenvalue weighted by atomic mass is 32.1. The fourth-order valence-corrected chi connectivity index (χ4v) is 3.70. The third kappa shape index (κ3) is 4.39. The van der Waals surface area contributed by atoms with Crippen molar-refractivity contribution in [2.24, 2.45) is 0 Å². The molecule has 0 aliphatic heterocycles. The summed E-state index contributed by atoms with van der Waals surface area (Å²) >= 11 is 1.47. The number of halogens is 2. The van der Waals surface area contributed by atoms with Crippen LogP contribution in [0.25, 0.3) is 0 Å². The van der Waals surface area contributed by atoms with Gasteiger partial charge in [0.25, 0.3) is 5.91 Å². The lowest BCUT2D eigenvalue weighted by Crippen LogP contribution is -2.27. The van der Waals surface area contributed by atoms with E-state index in [1.54, 1.807) is 0 Å². The van der Waals surface area contributed by atoms with Crippen molar-refractivity contribution in [1.82, 2.24) is 5.32 Å². The molecule has 0 saturated heterocycles. The number of carbonyl (C=O) groups excluding carboxylic acids is 1. The number of hydrogen-bond acceptors (Lipinski definition) is 3. The van der Waals surface area contributed by atoms with Gasteiger partial charge in [-0.1, -0.05) is 26.3 Å². The molecule has 0 radical (unpaired) electrons. The molecule has 0 aliphatic rings. The van der Waals surface area contributed by atoms with E-state index in [2.05, 4.69) is 19.2 Å². The molecular formula is C18H21F2NO2S. The van der Waals surface area contributed by atoms with Gasteiger partial charge < -0.3 is 10.4 Å². The molecule has 0 spiro atoms. The molecule has 24 heavy (non-hydrogen) atoms. The summed E-state index contributed by atoms with van der Waals surface area (Å²) in [6.07, 6.45) is 1.74. The van der Waals surface area contributed by atoms with E-state index in [4.69, 9.17) is 0 Å². The highest BCUT2D eigenvalue weighted by Crippen LogP contribution is 2.25. The van der Waals surface area contributed by atoms with Gasteiger partial charge in [-0.2, -0.15) is 0 Å². The van der Waals surface area contributed by atoms with Crippen LogP contribution in [0.4, 0.5) is 8.78 Å². The van der Waals surface area contributed by atoms with Crippen LogP contribution in [-0.2, 0) is 12.8 Å². The highest BCUT2D eigenvalue weighted by molar-refractivity contribution is 7.14. The summed E-state index contributed by atoms with van der Waals surface area (Å²) in [5.74, 6) is -2.25. The zero-order valence-electron chi connectivity index (χ0n) is 13.7. The van der Waals surface area contributed by atoms with Crippen molar-refractivity contribution in [2.45, 2.75) is 39.2 Å². The number of hydrogen-bond donors (Lipinski definition) is 2. The molecule has 2 rings (SSSR count). The van der Waals surface area contributed by atoms with E-state index < -0.39 is 17.7 Å². The van der Waals surface area contributed by atoms with Gasteiger partial charge in [-0.15, -0.1) is 11.3 Å². The molecule has 1 atom stereocenters. The Kier molecular flexibility index (Phi) is 6.45. The Balaban J connectivity index is 2.00. The number of thiophene rings is 1. The monoisotopic (exact) mass is 353 g/mol. The highest BCUT2D eigenvalue weighted by Gasteiger charge is 2.16. The number of benzene rings is 1. The first kappa shape index (κ1) is 18.5. The van der Waals surface area contributed by atoms with E-state index in [1.165, 1.54) is 27.8 Å². The molecule has 1 aromatic heterocycles. The summed E-state index contributed by atoms with van der Waals surface area (Å²) in [4.78, 5) is 14.1. The molecule has 0 saturated carbocycles. The van der Waals surface area contributed by atoms with Gasteiger partial charge >= 0.3 is 0 Å². The van der Waals surface area contributed by atoms with Gasteiger partial charge in [0, 0.05) is 11.4 Å². The van der Waals surface area contributed by atoms with Gasteiger partial charge in [-0.3, -0.25) is 4.79 Å². The van der Waals surface area contributed by atoms with Crippen molar-refractivity contribution in [2.75, 3.05) is 6.54 Å². The van der Waals surface area contributed by atoms with Gasteiger partial charge in [-0.25, -0.2) is 8.78 Å². The summed E-state index contributed by atoms with van der Waals surface area (Å²) < 4.78 is 26.1. The summed E-state index contributed by atoms with van der Waals surface area (Å²) in [5.41, 5.74) is 1.40. The maximum atomic E-state index is 13.2. The quantitative estimate of drug-likeness (QED) is 0.790. The van der Waals surface area contributed by atoms with Crippen molar-refractivity contribution in [3.63, 3.8) is 0 Å². The Morgan fingerprint density at radius 1 is 1.25 bits per heavy atom. The van der Waals surface area contributed by atoms with Gasteiger partial charge in [0.05, 0.1) is 11.0 Å². The van der Waals surface area contributed by atoms with Crippen molar-refractivity contribution in [3.8, 4) is 0 Å². The number of nitrogens with one attached hydrogen (secondary N) is 1. The summed E-state index contributed by atoms with van der Waals surface area (Å²) in [7, 11) is 0. The maximum Gasteiger partial charge on any atom is 0.261 e. The minimum absolute atomic E-state index is 0.0631. The molecule has 2 N–H and O–H groups in total. The number of carbonyl (C=O) groups is 1. The number of amides is 1. The van der Waals surface area contributed by atoms with Crippen LogP contribution in [0.15, 0.2) is 24.3 Å². The van der Waals surface area contributed by atoms with Crippen LogP contribution in [0, 0.1) is 11.6 Å². The lowest BCUT2D eigenvalue weighted by Gasteiger charge is -2.12. The van der Waals surface area contributed by atoms with Crippen LogP contribution in [0.2, 0.25) is 0 Å². The molecule has 6 heteroatoms. The molecule has 1 unspecified atom stereocenters. The van der Waals surface area contributed by atoms with Crippen molar-refractivity contribution in [3.05, 3.63) is 56.8 Å². The number of aliphatic hydroxyl groups excluding tert-OH is 1. The van der Waals surface area contributed by atoms with Crippen LogP contribution < -0.4 is 5.32 Å². The van der Waals surface area contributed by atoms with Gasteiger partial charge in [0.2, 0.25) is 0 Å². The second-order valence-corrected chi connectivity index (χ2v) is 6.70. The topological polar surface area (TPSA) is 49.3 Å². The number of aliphatic hydroxyl groups is 1. The van der Waals surface area contributed by atoms with Crippen molar-refractivity contribution >= 4 is 17.2 Å². The predicted octanol–water partition coefficient (Wildman–Crippen LogP) is 4.00. The van der Waals surface area contributed by atoms with E-state index in [1.807, 2.05) is 6.07 Å². The Hall–Kier alpha value is -1.79. The van der Waals surface area contributed by atoms with E-state index >= 15 is 0 Å². The third-order valence-corrected chi connectivity index (χ3v) is 5.00. The largest absolute Gasteiger partial charge is 0.387 e. The van der Waals surface area contributed by atoms with Gasteiger partial charge in [0.15, 0.2) is 11.6 Å². The minimum Gasteiger partial charge on any atom is -0.387 e. The summed E-state index contributed by atoms with van der Waals surface area (Å²) in [6, 6.07) is 5.08. The molecule has 0 bridgehead atoms. The number of rotatable bonds is 7. The van der Waals surface area contributed by atoms with E-state index in [0.29, 0.717) is 4.88 Å². The van der Waals surface area contributed by atoms with E-state index in [0.717, 1.165) is 31.4 Å². The van der Waals surface area contributed by atoms with Gasteiger partial charge in [0.1, 0.15) is 0 Å². The molecule has 0 aliphatic carbocycles. The van der Waals surface area contributed by atoms with Crippen LogP contribution in [0.3, 0.4) is 0 Å². The first-order chi connectivity index (χ1) is 11.5. The molecule has 0 fully saturated rings. The molecular weight excluding hydrogens is 332 g/mol. The lowest BCUT2D eigenvalue weighted by atomic mass is 10.1. The smallest absolute Gasteiger partial charge is 0.261 e. The van der Waals surface area contributed by atoms with Crippen molar-refractivity contribution < 1.29 is 18.7 Å². The number of aryl methyl sites for hydroxylation is 2. The second-order valence-electron chi connectivity index (χ2n) is 5.56. The fraction of sp³-hybridized carbons (Fsp3) is 0.389. The van der Waals surface area contributed by atoms with E-state index in [9.17, 15) is 18.7 Å². The normalized spacial score (nSPS) is 12.2.